The SMILES string of the molecule is Cc1cc(F)ccc1Cn1cnc(S(N)(=O)=O)c1. The lowest BCUT2D eigenvalue weighted by atomic mass is 10.1. The van der Waals surface area contributed by atoms with Gasteiger partial charge in [-0.05, 0) is 30.2 Å². The van der Waals surface area contributed by atoms with E-state index < -0.39 is 10.0 Å². The predicted octanol–water partition coefficient (Wildman–Crippen LogP) is 1.03. The Bertz CT molecular complexity index is 679. The van der Waals surface area contributed by atoms with Gasteiger partial charge in [0.25, 0.3) is 10.0 Å². The van der Waals surface area contributed by atoms with Crippen LogP contribution >= 0.6 is 0 Å². The van der Waals surface area contributed by atoms with Gasteiger partial charge in [0.05, 0.1) is 6.33 Å². The number of halogens is 1. The number of hydrogen-bond donors (Lipinski definition) is 1. The molecule has 0 spiro atoms. The summed E-state index contributed by atoms with van der Waals surface area (Å²) >= 11 is 0. The van der Waals surface area contributed by atoms with Gasteiger partial charge in [0.15, 0.2) is 5.03 Å². The second-order valence-corrected chi connectivity index (χ2v) is 5.51. The predicted molar refractivity (Wildman–Crippen MR) is 63.8 cm³/mol. The molecular weight excluding hydrogens is 257 g/mol. The Morgan fingerprint density at radius 3 is 2.72 bits per heavy atom. The number of rotatable bonds is 3. The van der Waals surface area contributed by atoms with Crippen LogP contribution in [0.2, 0.25) is 0 Å². The van der Waals surface area contributed by atoms with Crippen molar-refractivity contribution in [1.82, 2.24) is 9.55 Å². The minimum absolute atomic E-state index is 0.178. The summed E-state index contributed by atoms with van der Waals surface area (Å²) in [5.74, 6) is -0.299. The van der Waals surface area contributed by atoms with E-state index in [1.807, 2.05) is 0 Å². The molecule has 1 aromatic carbocycles. The first-order valence-corrected chi connectivity index (χ1v) is 6.70. The molecule has 0 saturated heterocycles. The third-order valence-corrected chi connectivity index (χ3v) is 3.35. The number of aryl methyl sites for hydroxylation is 1. The normalized spacial score (nSPS) is 11.7. The van der Waals surface area contributed by atoms with Crippen LogP contribution in [0.1, 0.15) is 11.1 Å². The van der Waals surface area contributed by atoms with Crippen LogP contribution < -0.4 is 5.14 Å². The number of sulfonamides is 1. The summed E-state index contributed by atoms with van der Waals surface area (Å²) in [5, 5.41) is 4.78. The van der Waals surface area contributed by atoms with Crippen molar-refractivity contribution in [3.8, 4) is 0 Å². The fourth-order valence-corrected chi connectivity index (χ4v) is 2.08. The highest BCUT2D eigenvalue weighted by atomic mass is 32.2. The molecule has 0 saturated carbocycles. The van der Waals surface area contributed by atoms with E-state index in [0.29, 0.717) is 6.54 Å². The lowest BCUT2D eigenvalue weighted by Gasteiger charge is -2.06. The highest BCUT2D eigenvalue weighted by molar-refractivity contribution is 7.89. The van der Waals surface area contributed by atoms with E-state index in [2.05, 4.69) is 4.98 Å². The Hall–Kier alpha value is -1.73. The highest BCUT2D eigenvalue weighted by Gasteiger charge is 2.11. The Kier molecular flexibility index (Phi) is 3.18. The molecule has 1 heterocycles. The summed E-state index contributed by atoms with van der Waals surface area (Å²) in [6, 6.07) is 4.44. The number of benzene rings is 1. The molecule has 96 valence electrons. The first kappa shape index (κ1) is 12.7. The molecule has 0 aliphatic carbocycles. The molecular formula is C11H12FN3O2S. The Balaban J connectivity index is 2.27. The molecule has 0 atom stereocenters. The molecule has 0 unspecified atom stereocenters. The second kappa shape index (κ2) is 4.51. The third-order valence-electron chi connectivity index (χ3n) is 2.56. The van der Waals surface area contributed by atoms with Crippen LogP contribution in [0, 0.1) is 12.7 Å². The van der Waals surface area contributed by atoms with Gasteiger partial charge in [-0.25, -0.2) is 22.9 Å². The van der Waals surface area contributed by atoms with Crippen molar-refractivity contribution < 1.29 is 12.8 Å². The van der Waals surface area contributed by atoms with Gasteiger partial charge in [-0.15, -0.1) is 0 Å². The standard InChI is InChI=1S/C11H12FN3O2S/c1-8-4-10(12)3-2-9(8)5-15-6-11(14-7-15)18(13,16)17/h2-4,6-7H,5H2,1H3,(H2,13,16,17). The Morgan fingerprint density at radius 1 is 1.44 bits per heavy atom. The van der Waals surface area contributed by atoms with E-state index in [9.17, 15) is 12.8 Å². The minimum Gasteiger partial charge on any atom is -0.332 e. The first-order valence-electron chi connectivity index (χ1n) is 5.16. The fraction of sp³-hybridized carbons (Fsp3) is 0.182. The molecule has 18 heavy (non-hydrogen) atoms. The Morgan fingerprint density at radius 2 is 2.17 bits per heavy atom. The summed E-state index contributed by atoms with van der Waals surface area (Å²) in [7, 11) is -3.78. The molecule has 1 aromatic heterocycles. The summed E-state index contributed by atoms with van der Waals surface area (Å²) in [5.41, 5.74) is 1.68. The number of nitrogens with zero attached hydrogens (tertiary/aromatic N) is 2. The molecule has 0 aliphatic heterocycles. The molecule has 2 rings (SSSR count). The third kappa shape index (κ3) is 2.74. The van der Waals surface area contributed by atoms with E-state index >= 15 is 0 Å². The van der Waals surface area contributed by atoms with Crippen molar-refractivity contribution >= 4 is 10.0 Å². The van der Waals surface area contributed by atoms with Gasteiger partial charge in [-0.2, -0.15) is 0 Å². The highest BCUT2D eigenvalue weighted by Crippen LogP contribution is 2.12. The van der Waals surface area contributed by atoms with Gasteiger partial charge in [0.2, 0.25) is 0 Å². The van der Waals surface area contributed by atoms with Crippen LogP contribution in [0.25, 0.3) is 0 Å². The molecule has 0 radical (unpaired) electrons. The van der Waals surface area contributed by atoms with E-state index in [4.69, 9.17) is 5.14 Å². The van der Waals surface area contributed by atoms with E-state index in [0.717, 1.165) is 11.1 Å². The van der Waals surface area contributed by atoms with Gasteiger partial charge >= 0.3 is 0 Å². The zero-order valence-corrected chi connectivity index (χ0v) is 10.5. The average molecular weight is 269 g/mol. The van der Waals surface area contributed by atoms with E-state index in [1.165, 1.54) is 24.7 Å². The monoisotopic (exact) mass is 269 g/mol. The summed E-state index contributed by atoms with van der Waals surface area (Å²) < 4.78 is 36.6. The molecule has 0 aliphatic rings. The van der Waals surface area contributed by atoms with E-state index in [-0.39, 0.29) is 10.8 Å². The van der Waals surface area contributed by atoms with Crippen molar-refractivity contribution in [3.05, 3.63) is 47.7 Å². The largest absolute Gasteiger partial charge is 0.332 e. The van der Waals surface area contributed by atoms with Crippen LogP contribution in [0.4, 0.5) is 4.39 Å². The molecule has 0 amide bonds. The van der Waals surface area contributed by atoms with Crippen LogP contribution in [0.5, 0.6) is 0 Å². The van der Waals surface area contributed by atoms with Gasteiger partial charge in [-0.1, -0.05) is 6.07 Å². The zero-order chi connectivity index (χ0) is 13.3. The number of hydrogen-bond acceptors (Lipinski definition) is 3. The first-order chi connectivity index (χ1) is 8.36. The van der Waals surface area contributed by atoms with Crippen LogP contribution in [-0.2, 0) is 16.6 Å². The number of imidazole rings is 1. The zero-order valence-electron chi connectivity index (χ0n) is 9.67. The quantitative estimate of drug-likeness (QED) is 0.903. The molecule has 2 N–H and O–H groups in total. The van der Waals surface area contributed by atoms with Crippen LogP contribution in [0.3, 0.4) is 0 Å². The number of nitrogens with two attached hydrogens (primary N) is 1. The molecule has 5 nitrogen and oxygen atoms in total. The second-order valence-electron chi connectivity index (χ2n) is 4.00. The van der Waals surface area contributed by atoms with Gasteiger partial charge < -0.3 is 4.57 Å². The van der Waals surface area contributed by atoms with Crippen LogP contribution in [-0.4, -0.2) is 18.0 Å². The minimum atomic E-state index is -3.78. The number of aromatic nitrogens is 2. The van der Waals surface area contributed by atoms with Gasteiger partial charge in [0.1, 0.15) is 5.82 Å². The average Bonchev–Trinajstić information content (AvgIpc) is 2.70. The van der Waals surface area contributed by atoms with Crippen molar-refractivity contribution in [2.75, 3.05) is 0 Å². The fourth-order valence-electron chi connectivity index (χ4n) is 1.61. The van der Waals surface area contributed by atoms with Crippen molar-refractivity contribution in [2.45, 2.75) is 18.5 Å². The maximum Gasteiger partial charge on any atom is 0.257 e. The summed E-state index contributed by atoms with van der Waals surface area (Å²) in [4.78, 5) is 3.71. The summed E-state index contributed by atoms with van der Waals surface area (Å²) in [6.45, 7) is 2.20. The maximum atomic E-state index is 12.9. The summed E-state index contributed by atoms with van der Waals surface area (Å²) in [6.07, 6.45) is 2.72. The van der Waals surface area contributed by atoms with Gasteiger partial charge in [-0.3, -0.25) is 0 Å². The molecule has 0 fully saturated rings. The number of primary sulfonamides is 1. The van der Waals surface area contributed by atoms with E-state index in [1.54, 1.807) is 17.6 Å². The van der Waals surface area contributed by atoms with Crippen molar-refractivity contribution in [2.24, 2.45) is 5.14 Å². The topological polar surface area (TPSA) is 78.0 Å². The molecule has 2 aromatic rings. The van der Waals surface area contributed by atoms with Crippen molar-refractivity contribution in [3.63, 3.8) is 0 Å². The molecule has 0 bridgehead atoms. The smallest absolute Gasteiger partial charge is 0.257 e. The maximum absolute atomic E-state index is 12.9. The molecule has 7 heteroatoms. The van der Waals surface area contributed by atoms with Crippen LogP contribution in [0.15, 0.2) is 35.7 Å². The Labute approximate surface area is 104 Å². The lowest BCUT2D eigenvalue weighted by molar-refractivity contribution is 0.594. The van der Waals surface area contributed by atoms with Gasteiger partial charge in [0, 0.05) is 12.7 Å². The van der Waals surface area contributed by atoms with Crippen molar-refractivity contribution in [1.29, 1.82) is 0 Å². The lowest BCUT2D eigenvalue weighted by Crippen LogP contribution is -2.12.